The van der Waals surface area contributed by atoms with E-state index in [0.29, 0.717) is 19.4 Å². The molecule has 0 atom stereocenters. The Hall–Kier alpha value is -0.910. The number of hydrogen-bond acceptors (Lipinski definition) is 3. The van der Waals surface area contributed by atoms with E-state index in [1.165, 1.54) is 0 Å². The van der Waals surface area contributed by atoms with Crippen LogP contribution in [0.4, 0.5) is 4.79 Å². The molecule has 19 heavy (non-hydrogen) atoms. The van der Waals surface area contributed by atoms with E-state index in [1.807, 2.05) is 11.8 Å². The van der Waals surface area contributed by atoms with Crippen molar-refractivity contribution in [2.75, 3.05) is 18.6 Å². The van der Waals surface area contributed by atoms with Crippen LogP contribution in [0.5, 0.6) is 0 Å². The fourth-order valence-electron chi connectivity index (χ4n) is 2.29. The number of hydrogen-bond donors (Lipinski definition) is 3. The first-order chi connectivity index (χ1) is 9.13. The fraction of sp³-hybridized carbons (Fsp3) is 0.846. The molecule has 1 aliphatic rings. The van der Waals surface area contributed by atoms with Crippen LogP contribution in [0.2, 0.25) is 0 Å². The van der Waals surface area contributed by atoms with Gasteiger partial charge in [0.2, 0.25) is 0 Å². The van der Waals surface area contributed by atoms with Crippen molar-refractivity contribution in [3.05, 3.63) is 0 Å². The Balaban J connectivity index is 2.08. The van der Waals surface area contributed by atoms with E-state index in [9.17, 15) is 9.59 Å². The summed E-state index contributed by atoms with van der Waals surface area (Å²) in [6.07, 6.45) is 7.04. The van der Waals surface area contributed by atoms with Crippen LogP contribution in [0.15, 0.2) is 0 Å². The molecular weight excluding hydrogens is 264 g/mol. The van der Waals surface area contributed by atoms with Crippen molar-refractivity contribution in [2.45, 2.75) is 44.6 Å². The van der Waals surface area contributed by atoms with Gasteiger partial charge in [-0.3, -0.25) is 4.79 Å². The summed E-state index contributed by atoms with van der Waals surface area (Å²) in [5.74, 6) is 0.187. The summed E-state index contributed by atoms with van der Waals surface area (Å²) in [5, 5.41) is 14.7. The number of aliphatic carboxylic acids is 1. The van der Waals surface area contributed by atoms with Crippen LogP contribution in [0, 0.1) is 5.92 Å². The standard InChI is InChI=1S/C13H24N2O3S/c1-19-9-3-2-8-14-13(18)15-11-6-4-10(5-7-11)12(16)17/h10-11H,2-9H2,1H3,(H,16,17)(H2,14,15,18). The summed E-state index contributed by atoms with van der Waals surface area (Å²) in [6, 6.07) is 0.00437. The molecule has 6 heteroatoms. The second kappa shape index (κ2) is 9.07. The second-order valence-corrected chi connectivity index (χ2v) is 5.97. The van der Waals surface area contributed by atoms with Gasteiger partial charge in [0.15, 0.2) is 0 Å². The van der Waals surface area contributed by atoms with Gasteiger partial charge in [-0.05, 0) is 50.5 Å². The highest BCUT2D eigenvalue weighted by Gasteiger charge is 2.26. The molecule has 0 aromatic heterocycles. The molecule has 1 rings (SSSR count). The van der Waals surface area contributed by atoms with Gasteiger partial charge < -0.3 is 15.7 Å². The first-order valence-electron chi connectivity index (χ1n) is 6.89. The molecule has 0 aromatic rings. The second-order valence-electron chi connectivity index (χ2n) is 4.99. The van der Waals surface area contributed by atoms with Gasteiger partial charge in [0, 0.05) is 12.6 Å². The Bertz CT molecular complexity index is 292. The Morgan fingerprint density at radius 1 is 1.21 bits per heavy atom. The average molecular weight is 288 g/mol. The molecule has 3 N–H and O–H groups in total. The third-order valence-electron chi connectivity index (χ3n) is 3.47. The molecular formula is C13H24N2O3S. The van der Waals surface area contributed by atoms with Crippen molar-refractivity contribution in [3.8, 4) is 0 Å². The molecule has 5 nitrogen and oxygen atoms in total. The molecule has 0 unspecified atom stereocenters. The first kappa shape index (κ1) is 16.1. The molecule has 1 fully saturated rings. The van der Waals surface area contributed by atoms with E-state index in [1.54, 1.807) is 0 Å². The summed E-state index contributed by atoms with van der Waals surface area (Å²) >= 11 is 1.82. The summed E-state index contributed by atoms with van der Waals surface area (Å²) in [6.45, 7) is 0.705. The van der Waals surface area contributed by atoms with Gasteiger partial charge in [-0.15, -0.1) is 0 Å². The van der Waals surface area contributed by atoms with Gasteiger partial charge in [0.25, 0.3) is 0 Å². The number of rotatable bonds is 7. The molecule has 0 heterocycles. The normalized spacial score (nSPS) is 22.8. The minimum atomic E-state index is -0.711. The monoisotopic (exact) mass is 288 g/mol. The number of carbonyl (C=O) groups excluding carboxylic acids is 1. The molecule has 1 saturated carbocycles. The van der Waals surface area contributed by atoms with Gasteiger partial charge >= 0.3 is 12.0 Å². The van der Waals surface area contributed by atoms with Crippen LogP contribution in [-0.4, -0.2) is 41.7 Å². The Labute approximate surface area is 118 Å². The molecule has 0 aromatic carbocycles. The maximum atomic E-state index is 11.6. The molecule has 0 bridgehead atoms. The Kier molecular flexibility index (Phi) is 7.70. The van der Waals surface area contributed by atoms with Gasteiger partial charge in [0.05, 0.1) is 5.92 Å². The highest BCUT2D eigenvalue weighted by molar-refractivity contribution is 7.98. The van der Waals surface area contributed by atoms with Gasteiger partial charge in [-0.2, -0.15) is 11.8 Å². The van der Waals surface area contributed by atoms with Crippen LogP contribution >= 0.6 is 11.8 Å². The minimum absolute atomic E-state index is 0.122. The van der Waals surface area contributed by atoms with Crippen molar-refractivity contribution in [3.63, 3.8) is 0 Å². The SMILES string of the molecule is CSCCCCNC(=O)NC1CCC(C(=O)O)CC1. The summed E-state index contributed by atoms with van der Waals surface area (Å²) in [5.41, 5.74) is 0. The number of carboxylic acids is 1. The van der Waals surface area contributed by atoms with Crippen LogP contribution in [0.25, 0.3) is 0 Å². The number of unbranched alkanes of at least 4 members (excludes halogenated alkanes) is 1. The Morgan fingerprint density at radius 3 is 2.47 bits per heavy atom. The summed E-state index contributed by atoms with van der Waals surface area (Å²) in [7, 11) is 0. The molecule has 0 spiro atoms. The van der Waals surface area contributed by atoms with Crippen molar-refractivity contribution in [2.24, 2.45) is 5.92 Å². The number of carboxylic acid groups (broad SMARTS) is 1. The van der Waals surface area contributed by atoms with E-state index in [2.05, 4.69) is 16.9 Å². The molecule has 0 saturated heterocycles. The highest BCUT2D eigenvalue weighted by Crippen LogP contribution is 2.24. The summed E-state index contributed by atoms with van der Waals surface area (Å²) in [4.78, 5) is 22.4. The Morgan fingerprint density at radius 2 is 1.89 bits per heavy atom. The predicted molar refractivity (Wildman–Crippen MR) is 77.5 cm³/mol. The van der Waals surface area contributed by atoms with E-state index in [-0.39, 0.29) is 18.0 Å². The van der Waals surface area contributed by atoms with Crippen molar-refractivity contribution < 1.29 is 14.7 Å². The van der Waals surface area contributed by atoms with Gasteiger partial charge in [-0.1, -0.05) is 0 Å². The van der Waals surface area contributed by atoms with Crippen LogP contribution in [0.3, 0.4) is 0 Å². The number of urea groups is 1. The molecule has 0 radical (unpaired) electrons. The lowest BCUT2D eigenvalue weighted by atomic mass is 9.86. The van der Waals surface area contributed by atoms with E-state index < -0.39 is 5.97 Å². The van der Waals surface area contributed by atoms with Crippen LogP contribution in [-0.2, 0) is 4.79 Å². The average Bonchev–Trinajstić information content (AvgIpc) is 2.39. The molecule has 2 amide bonds. The van der Waals surface area contributed by atoms with E-state index >= 15 is 0 Å². The number of carbonyl (C=O) groups is 2. The zero-order valence-corrected chi connectivity index (χ0v) is 12.3. The van der Waals surface area contributed by atoms with Gasteiger partial charge in [0.1, 0.15) is 0 Å². The van der Waals surface area contributed by atoms with Crippen LogP contribution in [0.1, 0.15) is 38.5 Å². The zero-order chi connectivity index (χ0) is 14.1. The smallest absolute Gasteiger partial charge is 0.315 e. The van der Waals surface area contributed by atoms with Crippen molar-refractivity contribution in [1.82, 2.24) is 10.6 Å². The molecule has 1 aliphatic carbocycles. The quantitative estimate of drug-likeness (QED) is 0.627. The molecule has 0 aliphatic heterocycles. The maximum Gasteiger partial charge on any atom is 0.315 e. The fourth-order valence-corrected chi connectivity index (χ4v) is 2.79. The lowest BCUT2D eigenvalue weighted by Gasteiger charge is -2.26. The van der Waals surface area contributed by atoms with Gasteiger partial charge in [-0.25, -0.2) is 4.79 Å². The number of nitrogens with one attached hydrogen (secondary N) is 2. The van der Waals surface area contributed by atoms with Crippen molar-refractivity contribution in [1.29, 1.82) is 0 Å². The van der Waals surface area contributed by atoms with Crippen molar-refractivity contribution >= 4 is 23.8 Å². The number of amides is 2. The lowest BCUT2D eigenvalue weighted by Crippen LogP contribution is -2.44. The molecule has 110 valence electrons. The van der Waals surface area contributed by atoms with E-state index in [0.717, 1.165) is 31.4 Å². The lowest BCUT2D eigenvalue weighted by molar-refractivity contribution is -0.142. The maximum absolute atomic E-state index is 11.6. The number of thioether (sulfide) groups is 1. The third kappa shape index (κ3) is 6.71. The third-order valence-corrected chi connectivity index (χ3v) is 4.17. The topological polar surface area (TPSA) is 78.4 Å². The predicted octanol–water partition coefficient (Wildman–Crippen LogP) is 2.07. The highest BCUT2D eigenvalue weighted by atomic mass is 32.2. The van der Waals surface area contributed by atoms with Crippen LogP contribution < -0.4 is 10.6 Å². The first-order valence-corrected chi connectivity index (χ1v) is 8.29. The minimum Gasteiger partial charge on any atom is -0.481 e. The summed E-state index contributed by atoms with van der Waals surface area (Å²) < 4.78 is 0. The zero-order valence-electron chi connectivity index (χ0n) is 11.5. The largest absolute Gasteiger partial charge is 0.481 e. The van der Waals surface area contributed by atoms with E-state index in [4.69, 9.17) is 5.11 Å².